The molecule has 0 aliphatic carbocycles. The molecule has 2 N–H and O–H groups in total. The number of nitrogens with one attached hydrogen (secondary N) is 2. The van der Waals surface area contributed by atoms with Gasteiger partial charge >= 0.3 is 0 Å². The van der Waals surface area contributed by atoms with E-state index in [2.05, 4.69) is 40.9 Å². The lowest BCUT2D eigenvalue weighted by atomic mass is 9.91. The van der Waals surface area contributed by atoms with Gasteiger partial charge in [0.05, 0.1) is 10.5 Å². The number of benzene rings is 2. The molecule has 180 valence electrons. The van der Waals surface area contributed by atoms with E-state index in [9.17, 15) is 17.6 Å². The monoisotopic (exact) mass is 475 g/mol. The number of carbonyl (C=O) groups is 1. The molecule has 6 nitrogen and oxygen atoms in total. The van der Waals surface area contributed by atoms with Gasteiger partial charge < -0.3 is 5.32 Å². The Hall–Kier alpha value is -2.29. The summed E-state index contributed by atoms with van der Waals surface area (Å²) in [5, 5.41) is 2.68. The van der Waals surface area contributed by atoms with Crippen molar-refractivity contribution in [2.24, 2.45) is 11.8 Å². The lowest BCUT2D eigenvalue weighted by Gasteiger charge is -2.35. The molecule has 1 aliphatic rings. The average Bonchev–Trinajstić information content (AvgIpc) is 2.71. The molecule has 1 heterocycles. The van der Waals surface area contributed by atoms with Crippen molar-refractivity contribution in [1.29, 1.82) is 0 Å². The summed E-state index contributed by atoms with van der Waals surface area (Å²) in [6, 6.07) is 10.9. The lowest BCUT2D eigenvalue weighted by Crippen LogP contribution is -2.38. The highest BCUT2D eigenvalue weighted by Crippen LogP contribution is 2.22. The van der Waals surface area contributed by atoms with Crippen molar-refractivity contribution in [1.82, 2.24) is 14.9 Å². The zero-order valence-corrected chi connectivity index (χ0v) is 20.6. The van der Waals surface area contributed by atoms with Crippen LogP contribution in [0.4, 0.5) is 4.39 Å². The third-order valence-corrected chi connectivity index (χ3v) is 7.37. The van der Waals surface area contributed by atoms with Crippen LogP contribution in [-0.2, 0) is 23.1 Å². The third-order valence-electron chi connectivity index (χ3n) is 5.71. The number of nitrogens with zero attached hydrogens (tertiary/aromatic N) is 1. The molecule has 1 saturated heterocycles. The first kappa shape index (κ1) is 25.3. The Balaban J connectivity index is 1.61. The van der Waals surface area contributed by atoms with E-state index in [1.807, 2.05) is 12.1 Å². The van der Waals surface area contributed by atoms with Crippen LogP contribution in [0.25, 0.3) is 0 Å². The highest BCUT2D eigenvalue weighted by Gasteiger charge is 2.22. The van der Waals surface area contributed by atoms with Gasteiger partial charge in [0.15, 0.2) is 0 Å². The molecule has 1 amide bonds. The Labute approximate surface area is 196 Å². The van der Waals surface area contributed by atoms with E-state index >= 15 is 0 Å². The van der Waals surface area contributed by atoms with E-state index in [4.69, 9.17) is 0 Å². The van der Waals surface area contributed by atoms with Crippen LogP contribution in [0.5, 0.6) is 0 Å². The van der Waals surface area contributed by atoms with Crippen LogP contribution < -0.4 is 10.0 Å². The molecule has 0 aromatic heterocycles. The summed E-state index contributed by atoms with van der Waals surface area (Å²) in [7, 11) is -3.82. The Bertz CT molecular complexity index is 1060. The standard InChI is InChI=1S/C25H34FN3O3S/c1-17(2)28-33(31,32)22-9-10-24(26)23(12-22)25(30)27-13-20-5-7-21(8-6-20)16-29-14-18(3)11-19(4)15-29/h5-10,12,17-19,28H,11,13-16H2,1-4H3,(H,27,30). The number of halogens is 1. The predicted molar refractivity (Wildman–Crippen MR) is 128 cm³/mol. The van der Waals surface area contributed by atoms with E-state index in [0.717, 1.165) is 43.4 Å². The van der Waals surface area contributed by atoms with E-state index in [0.29, 0.717) is 11.8 Å². The summed E-state index contributed by atoms with van der Waals surface area (Å²) in [6.45, 7) is 11.3. The maximum atomic E-state index is 14.2. The second-order valence-corrected chi connectivity index (χ2v) is 11.3. The van der Waals surface area contributed by atoms with Crippen LogP contribution >= 0.6 is 0 Å². The zero-order chi connectivity index (χ0) is 24.2. The van der Waals surface area contributed by atoms with Crippen LogP contribution in [0.1, 0.15) is 55.6 Å². The van der Waals surface area contributed by atoms with Crippen molar-refractivity contribution in [3.63, 3.8) is 0 Å². The first-order valence-corrected chi connectivity index (χ1v) is 12.9. The number of hydrogen-bond acceptors (Lipinski definition) is 4. The van der Waals surface area contributed by atoms with Gasteiger partial charge in [-0.25, -0.2) is 17.5 Å². The smallest absolute Gasteiger partial charge is 0.254 e. The van der Waals surface area contributed by atoms with Gasteiger partial charge in [0.2, 0.25) is 10.0 Å². The number of carbonyl (C=O) groups excluding carboxylic acids is 1. The Morgan fingerprint density at radius 2 is 1.67 bits per heavy atom. The van der Waals surface area contributed by atoms with Crippen molar-refractivity contribution < 1.29 is 17.6 Å². The van der Waals surface area contributed by atoms with Gasteiger partial charge in [-0.3, -0.25) is 9.69 Å². The van der Waals surface area contributed by atoms with Crippen LogP contribution in [0.3, 0.4) is 0 Å². The molecule has 8 heteroatoms. The van der Waals surface area contributed by atoms with Crippen LogP contribution in [-0.4, -0.2) is 38.4 Å². The average molecular weight is 476 g/mol. The summed E-state index contributed by atoms with van der Waals surface area (Å²) in [5.41, 5.74) is 1.80. The minimum atomic E-state index is -3.82. The van der Waals surface area contributed by atoms with Gasteiger partial charge in [-0.15, -0.1) is 0 Å². The summed E-state index contributed by atoms with van der Waals surface area (Å²) in [6.07, 6.45) is 1.28. The molecule has 1 aliphatic heterocycles. The van der Waals surface area contributed by atoms with Crippen LogP contribution in [0.15, 0.2) is 47.4 Å². The molecule has 2 unspecified atom stereocenters. The highest BCUT2D eigenvalue weighted by molar-refractivity contribution is 7.89. The van der Waals surface area contributed by atoms with Crippen molar-refractivity contribution in [2.45, 2.75) is 58.1 Å². The normalized spacial score (nSPS) is 19.6. The van der Waals surface area contributed by atoms with E-state index in [-0.39, 0.29) is 23.0 Å². The van der Waals surface area contributed by atoms with Gasteiger partial charge in [-0.05, 0) is 61.4 Å². The molecule has 33 heavy (non-hydrogen) atoms. The lowest BCUT2D eigenvalue weighted by molar-refractivity contribution is 0.0946. The van der Waals surface area contributed by atoms with Gasteiger partial charge in [-0.1, -0.05) is 38.1 Å². The van der Waals surface area contributed by atoms with Gasteiger partial charge in [0, 0.05) is 32.2 Å². The molecule has 0 radical (unpaired) electrons. The van der Waals surface area contributed by atoms with Crippen molar-refractivity contribution in [3.05, 3.63) is 65.0 Å². The summed E-state index contributed by atoms with van der Waals surface area (Å²) in [4.78, 5) is 14.9. The molecule has 3 rings (SSSR count). The van der Waals surface area contributed by atoms with Crippen LogP contribution in [0.2, 0.25) is 0 Å². The number of sulfonamides is 1. The van der Waals surface area contributed by atoms with Crippen molar-refractivity contribution in [2.75, 3.05) is 13.1 Å². The van der Waals surface area contributed by atoms with Gasteiger partial charge in [0.1, 0.15) is 5.82 Å². The number of piperidine rings is 1. The van der Waals surface area contributed by atoms with Crippen LogP contribution in [0, 0.1) is 17.7 Å². The molecule has 0 bridgehead atoms. The SMILES string of the molecule is CC1CC(C)CN(Cc2ccc(CNC(=O)c3cc(S(=O)(=O)NC(C)C)ccc3F)cc2)C1. The Kier molecular flexibility index (Phi) is 8.26. The molecule has 1 fully saturated rings. The van der Waals surface area contributed by atoms with Gasteiger partial charge in [0.25, 0.3) is 5.91 Å². The third kappa shape index (κ3) is 7.09. The maximum Gasteiger partial charge on any atom is 0.254 e. The molecule has 2 aromatic rings. The number of rotatable bonds is 8. The van der Waals surface area contributed by atoms with E-state index in [1.54, 1.807) is 13.8 Å². The fourth-order valence-electron chi connectivity index (χ4n) is 4.44. The Morgan fingerprint density at radius 1 is 1.06 bits per heavy atom. The molecule has 0 saturated carbocycles. The van der Waals surface area contributed by atoms with Crippen molar-refractivity contribution in [3.8, 4) is 0 Å². The first-order chi connectivity index (χ1) is 15.5. The van der Waals surface area contributed by atoms with E-state index in [1.165, 1.54) is 12.0 Å². The number of amides is 1. The second kappa shape index (κ2) is 10.8. The quantitative estimate of drug-likeness (QED) is 0.607. The topological polar surface area (TPSA) is 78.5 Å². The minimum Gasteiger partial charge on any atom is -0.348 e. The number of likely N-dealkylation sites (tertiary alicyclic amines) is 1. The fraction of sp³-hybridized carbons (Fsp3) is 0.480. The first-order valence-electron chi connectivity index (χ1n) is 11.4. The van der Waals surface area contributed by atoms with Crippen molar-refractivity contribution >= 4 is 15.9 Å². The molecular formula is C25H34FN3O3S. The second-order valence-electron chi connectivity index (χ2n) is 9.56. The molecular weight excluding hydrogens is 441 g/mol. The fourth-order valence-corrected chi connectivity index (χ4v) is 5.72. The largest absolute Gasteiger partial charge is 0.348 e. The Morgan fingerprint density at radius 3 is 2.27 bits per heavy atom. The molecule has 0 spiro atoms. The predicted octanol–water partition coefficient (Wildman–Crippen LogP) is 3.92. The maximum absolute atomic E-state index is 14.2. The summed E-state index contributed by atoms with van der Waals surface area (Å²) >= 11 is 0. The summed E-state index contributed by atoms with van der Waals surface area (Å²) < 4.78 is 41.4. The molecule has 2 atom stereocenters. The minimum absolute atomic E-state index is 0.145. The van der Waals surface area contributed by atoms with E-state index < -0.39 is 21.7 Å². The summed E-state index contributed by atoms with van der Waals surface area (Å²) in [5.74, 6) is -0.0117. The van der Waals surface area contributed by atoms with Gasteiger partial charge in [-0.2, -0.15) is 0 Å². The highest BCUT2D eigenvalue weighted by atomic mass is 32.2. The number of hydrogen-bond donors (Lipinski definition) is 2. The zero-order valence-electron chi connectivity index (χ0n) is 19.8. The molecule has 2 aromatic carbocycles.